The van der Waals surface area contributed by atoms with Crippen molar-refractivity contribution in [2.45, 2.75) is 38.4 Å². The Bertz CT molecular complexity index is 827. The van der Waals surface area contributed by atoms with Gasteiger partial charge >= 0.3 is 0 Å². The van der Waals surface area contributed by atoms with Gasteiger partial charge in [0.05, 0.1) is 13.2 Å². The Morgan fingerprint density at radius 3 is 2.53 bits per heavy atom. The first kappa shape index (κ1) is 24.3. The summed E-state index contributed by atoms with van der Waals surface area (Å²) in [6.07, 6.45) is 1.84. The van der Waals surface area contributed by atoms with Crippen molar-refractivity contribution in [1.82, 2.24) is 15.1 Å². The van der Waals surface area contributed by atoms with Crippen LogP contribution >= 0.6 is 0 Å². The van der Waals surface area contributed by atoms with Gasteiger partial charge in [-0.1, -0.05) is 55.8 Å². The number of benzene rings is 2. The van der Waals surface area contributed by atoms with Crippen LogP contribution in [0.1, 0.15) is 30.9 Å². The number of hydrogen-bond donors (Lipinski definition) is 1. The van der Waals surface area contributed by atoms with Crippen LogP contribution in [0.25, 0.3) is 0 Å². The first-order valence-corrected chi connectivity index (χ1v) is 11.3. The summed E-state index contributed by atoms with van der Waals surface area (Å²) in [6, 6.07) is 16.3. The van der Waals surface area contributed by atoms with Crippen molar-refractivity contribution in [2.75, 3.05) is 39.3 Å². The molecule has 1 saturated heterocycles. The summed E-state index contributed by atoms with van der Waals surface area (Å²) in [7, 11) is 0. The molecule has 174 valence electrons. The first-order chi connectivity index (χ1) is 15.5. The fraction of sp³-hybridized carbons (Fsp3) is 0.480. The summed E-state index contributed by atoms with van der Waals surface area (Å²) in [6.45, 7) is 5.66. The standard InChI is InChI=1S/C25H33F2N3O2/c1-2-3-16-32-23-11-7-10-22(17-23)25(26,27)20-28-24(19-31)30-14-12-29(13-15-30)18-21-8-5-4-6-9-21/h4-11,17,19,24,28H,2-3,12-16,18,20H2,1H3. The van der Waals surface area contributed by atoms with Gasteiger partial charge in [0.2, 0.25) is 0 Å². The second kappa shape index (κ2) is 12.0. The normalized spacial score (nSPS) is 16.6. The molecule has 7 heteroatoms. The summed E-state index contributed by atoms with van der Waals surface area (Å²) < 4.78 is 35.2. The van der Waals surface area contributed by atoms with Crippen molar-refractivity contribution < 1.29 is 18.3 Å². The minimum Gasteiger partial charge on any atom is -0.494 e. The highest BCUT2D eigenvalue weighted by Crippen LogP contribution is 2.30. The molecule has 2 aromatic carbocycles. The molecular weight excluding hydrogens is 412 g/mol. The van der Waals surface area contributed by atoms with Gasteiger partial charge in [0.1, 0.15) is 11.9 Å². The van der Waals surface area contributed by atoms with Crippen molar-refractivity contribution >= 4 is 6.29 Å². The molecule has 5 nitrogen and oxygen atoms in total. The van der Waals surface area contributed by atoms with Gasteiger partial charge in [0.15, 0.2) is 6.29 Å². The average Bonchev–Trinajstić information content (AvgIpc) is 2.81. The number of hydrogen-bond acceptors (Lipinski definition) is 5. The first-order valence-electron chi connectivity index (χ1n) is 11.3. The van der Waals surface area contributed by atoms with Crippen molar-refractivity contribution in [1.29, 1.82) is 0 Å². The molecule has 1 aliphatic rings. The van der Waals surface area contributed by atoms with Gasteiger partial charge in [-0.25, -0.2) is 0 Å². The molecule has 1 unspecified atom stereocenters. The molecule has 2 aromatic rings. The van der Waals surface area contributed by atoms with Crippen LogP contribution in [0, 0.1) is 0 Å². The highest BCUT2D eigenvalue weighted by Gasteiger charge is 2.34. The van der Waals surface area contributed by atoms with E-state index in [0.717, 1.165) is 32.5 Å². The van der Waals surface area contributed by atoms with Crippen LogP contribution in [0.5, 0.6) is 5.75 Å². The maximum atomic E-state index is 14.8. The number of nitrogens with one attached hydrogen (secondary N) is 1. The maximum absolute atomic E-state index is 14.8. The lowest BCUT2D eigenvalue weighted by molar-refractivity contribution is -0.115. The van der Waals surface area contributed by atoms with Crippen molar-refractivity contribution in [3.63, 3.8) is 0 Å². The summed E-state index contributed by atoms with van der Waals surface area (Å²) in [5.41, 5.74) is 1.13. The lowest BCUT2D eigenvalue weighted by Gasteiger charge is -2.38. The van der Waals surface area contributed by atoms with Crippen LogP contribution in [0.2, 0.25) is 0 Å². The van der Waals surface area contributed by atoms with E-state index in [9.17, 15) is 13.6 Å². The van der Waals surface area contributed by atoms with Crippen LogP contribution in [-0.4, -0.2) is 61.6 Å². The molecule has 1 aliphatic heterocycles. The molecule has 32 heavy (non-hydrogen) atoms. The minimum absolute atomic E-state index is 0.115. The van der Waals surface area contributed by atoms with Crippen LogP contribution < -0.4 is 10.1 Å². The maximum Gasteiger partial charge on any atom is 0.285 e. The van der Waals surface area contributed by atoms with E-state index in [1.165, 1.54) is 17.7 Å². The zero-order chi connectivity index (χ0) is 22.8. The van der Waals surface area contributed by atoms with Crippen molar-refractivity contribution in [3.8, 4) is 5.75 Å². The molecule has 0 spiro atoms. The molecule has 3 rings (SSSR count). The monoisotopic (exact) mass is 445 g/mol. The van der Waals surface area contributed by atoms with E-state index in [0.29, 0.717) is 31.7 Å². The van der Waals surface area contributed by atoms with E-state index < -0.39 is 18.6 Å². The summed E-state index contributed by atoms with van der Waals surface area (Å²) >= 11 is 0. The molecule has 1 heterocycles. The highest BCUT2D eigenvalue weighted by atomic mass is 19.3. The minimum atomic E-state index is -3.11. The summed E-state index contributed by atoms with van der Waals surface area (Å²) in [5.74, 6) is -2.67. The van der Waals surface area contributed by atoms with Crippen molar-refractivity contribution in [3.05, 3.63) is 65.7 Å². The Morgan fingerprint density at radius 1 is 1.09 bits per heavy atom. The molecule has 0 aliphatic carbocycles. The smallest absolute Gasteiger partial charge is 0.285 e. The Morgan fingerprint density at radius 2 is 1.84 bits per heavy atom. The molecule has 1 atom stereocenters. The second-order valence-corrected chi connectivity index (χ2v) is 8.19. The van der Waals surface area contributed by atoms with Gasteiger partial charge in [0, 0.05) is 38.3 Å². The van der Waals surface area contributed by atoms with E-state index in [1.54, 1.807) is 12.1 Å². The van der Waals surface area contributed by atoms with E-state index in [-0.39, 0.29) is 5.56 Å². The van der Waals surface area contributed by atoms with Crippen LogP contribution in [-0.2, 0) is 17.3 Å². The molecule has 0 aromatic heterocycles. The van der Waals surface area contributed by atoms with Gasteiger partial charge in [-0.2, -0.15) is 8.78 Å². The Balaban J connectivity index is 1.50. The zero-order valence-corrected chi connectivity index (χ0v) is 18.7. The third-order valence-corrected chi connectivity index (χ3v) is 5.73. The highest BCUT2D eigenvalue weighted by molar-refractivity contribution is 5.57. The third-order valence-electron chi connectivity index (χ3n) is 5.73. The number of unbranched alkanes of at least 4 members (excludes halogenated alkanes) is 1. The third kappa shape index (κ3) is 7.08. The van der Waals surface area contributed by atoms with Gasteiger partial charge in [-0.05, 0) is 24.1 Å². The number of halogens is 2. The number of carbonyl (C=O) groups excluding carboxylic acids is 1. The molecule has 0 radical (unpaired) electrons. The predicted molar refractivity (Wildman–Crippen MR) is 122 cm³/mol. The van der Waals surface area contributed by atoms with E-state index >= 15 is 0 Å². The number of piperazine rings is 1. The average molecular weight is 446 g/mol. The van der Waals surface area contributed by atoms with Crippen LogP contribution in [0.4, 0.5) is 8.78 Å². The Kier molecular flexibility index (Phi) is 9.14. The van der Waals surface area contributed by atoms with Gasteiger partial charge < -0.3 is 9.53 Å². The lowest BCUT2D eigenvalue weighted by atomic mass is 10.1. The number of ether oxygens (including phenoxy) is 1. The topological polar surface area (TPSA) is 44.8 Å². The van der Waals surface area contributed by atoms with E-state index in [1.807, 2.05) is 30.0 Å². The van der Waals surface area contributed by atoms with E-state index in [2.05, 4.69) is 22.3 Å². The fourth-order valence-electron chi connectivity index (χ4n) is 3.79. The lowest BCUT2D eigenvalue weighted by Crippen LogP contribution is -2.56. The Hall–Kier alpha value is -2.35. The number of nitrogens with zero attached hydrogens (tertiary/aromatic N) is 2. The molecule has 0 saturated carbocycles. The number of rotatable bonds is 12. The zero-order valence-electron chi connectivity index (χ0n) is 18.7. The summed E-state index contributed by atoms with van der Waals surface area (Å²) in [4.78, 5) is 15.9. The fourth-order valence-corrected chi connectivity index (χ4v) is 3.79. The molecule has 0 amide bonds. The van der Waals surface area contributed by atoms with Gasteiger partial charge in [-0.15, -0.1) is 0 Å². The molecule has 1 N–H and O–H groups in total. The largest absolute Gasteiger partial charge is 0.494 e. The van der Waals surface area contributed by atoms with E-state index in [4.69, 9.17) is 4.74 Å². The Labute approximate surface area is 189 Å². The molecule has 1 fully saturated rings. The quantitative estimate of drug-likeness (QED) is 0.397. The van der Waals surface area contributed by atoms with Gasteiger partial charge in [-0.3, -0.25) is 15.1 Å². The number of alkyl halides is 2. The molecular formula is C25H33F2N3O2. The van der Waals surface area contributed by atoms with Crippen molar-refractivity contribution in [2.24, 2.45) is 0 Å². The number of aldehydes is 1. The second-order valence-electron chi connectivity index (χ2n) is 8.19. The SMILES string of the molecule is CCCCOc1cccc(C(F)(F)CNC(C=O)N2CCN(Cc3ccccc3)CC2)c1. The summed E-state index contributed by atoms with van der Waals surface area (Å²) in [5, 5.41) is 2.76. The molecule has 0 bridgehead atoms. The van der Waals surface area contributed by atoms with Crippen LogP contribution in [0.15, 0.2) is 54.6 Å². The van der Waals surface area contributed by atoms with Gasteiger partial charge in [0.25, 0.3) is 5.92 Å². The van der Waals surface area contributed by atoms with Crippen LogP contribution in [0.3, 0.4) is 0 Å². The predicted octanol–water partition coefficient (Wildman–Crippen LogP) is 3.89. The number of carbonyl (C=O) groups is 1.